The number of hydrogen-bond donors (Lipinski definition) is 0. The van der Waals surface area contributed by atoms with Gasteiger partial charge < -0.3 is 28.6 Å². The van der Waals surface area contributed by atoms with Crippen molar-refractivity contribution in [2.45, 2.75) is 129 Å². The maximum atomic E-state index is 12.7. The van der Waals surface area contributed by atoms with Crippen molar-refractivity contribution in [3.63, 3.8) is 0 Å². The van der Waals surface area contributed by atoms with Gasteiger partial charge in [-0.2, -0.15) is 0 Å². The lowest BCUT2D eigenvalue weighted by Gasteiger charge is -2.34. The van der Waals surface area contributed by atoms with Gasteiger partial charge in [-0.05, 0) is 57.8 Å². The van der Waals surface area contributed by atoms with Crippen LogP contribution in [0.5, 0.6) is 0 Å². The van der Waals surface area contributed by atoms with Crippen molar-refractivity contribution in [2.75, 3.05) is 41.0 Å². The number of esters is 2. The second-order valence-corrected chi connectivity index (χ2v) is 14.3. The first kappa shape index (κ1) is 51.0. The number of quaternary nitrogens is 1. The molecule has 0 bridgehead atoms. The number of hydrogen-bond acceptors (Lipinski definition) is 7. The summed E-state index contributed by atoms with van der Waals surface area (Å²) in [7, 11) is 5.36. The van der Waals surface area contributed by atoms with Crippen LogP contribution in [-0.4, -0.2) is 75.5 Å². The predicted octanol–water partition coefficient (Wildman–Crippen LogP) is 9.57. The SMILES string of the molecule is CC/C=C/C=C/C=C/C=C/C=C/C=C/C=C/CCCCCC(=O)OC(COCCC(C(=O)[O-])[N+](C)(C)C)COC(=O)CCCCCCC/C=C/C/C=C/CC. The number of carboxylic acids is 1. The Morgan fingerprint density at radius 2 is 1.05 bits per heavy atom. The van der Waals surface area contributed by atoms with Crippen molar-refractivity contribution >= 4 is 17.9 Å². The van der Waals surface area contributed by atoms with Crippen LogP contribution < -0.4 is 5.11 Å². The molecule has 0 aromatic rings. The topological polar surface area (TPSA) is 102 Å². The van der Waals surface area contributed by atoms with Crippen molar-refractivity contribution in [3.8, 4) is 0 Å². The quantitative estimate of drug-likeness (QED) is 0.0212. The third kappa shape index (κ3) is 35.4. The molecule has 0 amide bonds. The Labute approximate surface area is 334 Å². The highest BCUT2D eigenvalue weighted by atomic mass is 16.6. The van der Waals surface area contributed by atoms with Crippen molar-refractivity contribution in [2.24, 2.45) is 0 Å². The Balaban J connectivity index is 4.55. The number of likely N-dealkylation sites (N-methyl/N-ethyl adjacent to an activating group) is 1. The average Bonchev–Trinajstić information content (AvgIpc) is 3.14. The van der Waals surface area contributed by atoms with Crippen LogP contribution in [0.15, 0.2) is 109 Å². The molecule has 0 N–H and O–H groups in total. The van der Waals surface area contributed by atoms with E-state index in [9.17, 15) is 19.5 Å². The fourth-order valence-electron chi connectivity index (χ4n) is 5.21. The van der Waals surface area contributed by atoms with Crippen molar-refractivity contribution < 1.29 is 38.2 Å². The fraction of sp³-hybridized carbons (Fsp3) is 0.553. The number of ether oxygens (including phenoxy) is 3. The number of nitrogens with zero attached hydrogens (tertiary/aromatic N) is 1. The summed E-state index contributed by atoms with van der Waals surface area (Å²) in [6, 6.07) is -0.743. The maximum absolute atomic E-state index is 12.7. The zero-order valence-electron chi connectivity index (χ0n) is 34.8. The molecule has 2 unspecified atom stereocenters. The minimum absolute atomic E-state index is 0.00883. The fourth-order valence-corrected chi connectivity index (χ4v) is 5.21. The van der Waals surface area contributed by atoms with Crippen LogP contribution in [0.1, 0.15) is 117 Å². The molecule has 0 rings (SSSR count). The molecular weight excluding hydrogens is 691 g/mol. The van der Waals surface area contributed by atoms with E-state index in [2.05, 4.69) is 50.3 Å². The zero-order chi connectivity index (χ0) is 40.7. The Hall–Kier alpha value is -4.01. The summed E-state index contributed by atoms with van der Waals surface area (Å²) < 4.78 is 17.0. The zero-order valence-corrected chi connectivity index (χ0v) is 34.8. The molecule has 0 fully saturated rings. The van der Waals surface area contributed by atoms with E-state index in [-0.39, 0.29) is 49.1 Å². The standard InChI is InChI=1S/C47H73NO7/c1-6-8-10-12-14-16-18-20-21-22-23-24-25-26-28-30-32-34-36-38-46(50)55-43(41-53-40-39-44(47(51)52)48(3,4)5)42-54-45(49)37-35-33-31-29-27-19-17-15-13-11-9-7-2/h8-12,14-18,20-26,28,43-44H,6-7,13,19,27,29-42H2,1-5H3/b10-8+,11-9+,14-12+,17-15+,18-16+,21-20+,23-22+,25-24+,28-26+. The highest BCUT2D eigenvalue weighted by Crippen LogP contribution is 2.12. The molecule has 0 saturated carbocycles. The lowest BCUT2D eigenvalue weighted by atomic mass is 10.1. The average molecular weight is 764 g/mol. The molecule has 308 valence electrons. The first-order valence-corrected chi connectivity index (χ1v) is 20.5. The van der Waals surface area contributed by atoms with E-state index in [0.717, 1.165) is 77.0 Å². The predicted molar refractivity (Wildman–Crippen MR) is 226 cm³/mol. The van der Waals surface area contributed by atoms with E-state index in [1.165, 1.54) is 0 Å². The number of allylic oxidation sites excluding steroid dienone is 18. The van der Waals surface area contributed by atoms with Crippen LogP contribution in [0.2, 0.25) is 0 Å². The molecule has 0 saturated heterocycles. The Bertz CT molecular complexity index is 1260. The van der Waals surface area contributed by atoms with E-state index in [0.29, 0.717) is 12.8 Å². The first-order valence-electron chi connectivity index (χ1n) is 20.5. The smallest absolute Gasteiger partial charge is 0.306 e. The summed E-state index contributed by atoms with van der Waals surface area (Å²) in [4.78, 5) is 36.8. The Morgan fingerprint density at radius 1 is 0.564 bits per heavy atom. The van der Waals surface area contributed by atoms with Crippen LogP contribution in [0, 0.1) is 0 Å². The molecule has 0 aliphatic rings. The maximum Gasteiger partial charge on any atom is 0.306 e. The van der Waals surface area contributed by atoms with Gasteiger partial charge in [0.15, 0.2) is 6.10 Å². The molecule has 2 atom stereocenters. The molecule has 0 aromatic heterocycles. The molecule has 0 heterocycles. The van der Waals surface area contributed by atoms with E-state index in [1.54, 1.807) is 21.1 Å². The van der Waals surface area contributed by atoms with Gasteiger partial charge in [0.05, 0.1) is 40.3 Å². The third-order valence-corrected chi connectivity index (χ3v) is 8.35. The lowest BCUT2D eigenvalue weighted by Crippen LogP contribution is -2.55. The van der Waals surface area contributed by atoms with E-state index in [4.69, 9.17) is 14.2 Å². The molecule has 55 heavy (non-hydrogen) atoms. The van der Waals surface area contributed by atoms with Crippen LogP contribution in [0.3, 0.4) is 0 Å². The third-order valence-electron chi connectivity index (χ3n) is 8.35. The molecular formula is C47H73NO7. The first-order chi connectivity index (χ1) is 26.6. The Kier molecular flexibility index (Phi) is 34.2. The number of unbranched alkanes of at least 4 members (excludes halogenated alkanes) is 8. The van der Waals surface area contributed by atoms with Crippen LogP contribution in [0.25, 0.3) is 0 Å². The van der Waals surface area contributed by atoms with Gasteiger partial charge in [-0.15, -0.1) is 0 Å². The minimum atomic E-state index is -1.14. The van der Waals surface area contributed by atoms with E-state index >= 15 is 0 Å². The summed E-state index contributed by atoms with van der Waals surface area (Å²) in [5.74, 6) is -1.84. The molecule has 0 spiro atoms. The lowest BCUT2D eigenvalue weighted by molar-refractivity contribution is -0.889. The van der Waals surface area contributed by atoms with Gasteiger partial charge in [-0.1, -0.05) is 149 Å². The number of carbonyl (C=O) groups is 3. The van der Waals surface area contributed by atoms with Crippen LogP contribution in [0.4, 0.5) is 0 Å². The van der Waals surface area contributed by atoms with Crippen LogP contribution >= 0.6 is 0 Å². The largest absolute Gasteiger partial charge is 0.544 e. The second kappa shape index (κ2) is 36.9. The van der Waals surface area contributed by atoms with Crippen LogP contribution in [-0.2, 0) is 28.6 Å². The summed E-state index contributed by atoms with van der Waals surface area (Å²) in [6.07, 6.45) is 49.7. The summed E-state index contributed by atoms with van der Waals surface area (Å²) in [5, 5.41) is 11.6. The molecule has 0 aliphatic carbocycles. The van der Waals surface area contributed by atoms with Gasteiger partial charge >= 0.3 is 11.9 Å². The molecule has 8 heteroatoms. The van der Waals surface area contributed by atoms with Crippen molar-refractivity contribution in [1.29, 1.82) is 0 Å². The van der Waals surface area contributed by atoms with E-state index < -0.39 is 18.1 Å². The number of rotatable bonds is 34. The molecule has 0 radical (unpaired) electrons. The molecule has 0 aliphatic heterocycles. The second-order valence-electron chi connectivity index (χ2n) is 14.3. The summed E-state index contributed by atoms with van der Waals surface area (Å²) in [6.45, 7) is 4.30. The van der Waals surface area contributed by atoms with Gasteiger partial charge in [0.25, 0.3) is 0 Å². The summed E-state index contributed by atoms with van der Waals surface area (Å²) in [5.41, 5.74) is 0. The number of carbonyl (C=O) groups excluding carboxylic acids is 3. The normalized spacial score (nSPS) is 14.1. The molecule has 8 nitrogen and oxygen atoms in total. The summed E-state index contributed by atoms with van der Waals surface area (Å²) >= 11 is 0. The van der Waals surface area contributed by atoms with Gasteiger partial charge in [0.1, 0.15) is 12.6 Å². The van der Waals surface area contributed by atoms with Gasteiger partial charge in [0.2, 0.25) is 0 Å². The van der Waals surface area contributed by atoms with Gasteiger partial charge in [0, 0.05) is 19.3 Å². The monoisotopic (exact) mass is 764 g/mol. The van der Waals surface area contributed by atoms with Crippen molar-refractivity contribution in [3.05, 3.63) is 109 Å². The van der Waals surface area contributed by atoms with Crippen molar-refractivity contribution in [1.82, 2.24) is 0 Å². The van der Waals surface area contributed by atoms with Gasteiger partial charge in [-0.25, -0.2) is 0 Å². The number of aliphatic carboxylic acids is 1. The Morgan fingerprint density at radius 3 is 1.64 bits per heavy atom. The minimum Gasteiger partial charge on any atom is -0.544 e. The number of carboxylic acid groups (broad SMARTS) is 1. The molecule has 0 aromatic carbocycles. The van der Waals surface area contributed by atoms with E-state index in [1.807, 2.05) is 72.9 Å². The highest BCUT2D eigenvalue weighted by Gasteiger charge is 2.25. The van der Waals surface area contributed by atoms with Gasteiger partial charge in [-0.3, -0.25) is 9.59 Å². The highest BCUT2D eigenvalue weighted by molar-refractivity contribution is 5.70.